The minimum absolute atomic E-state index is 0.316. The van der Waals surface area contributed by atoms with E-state index in [1.807, 2.05) is 18.2 Å². The number of hydrogen-bond acceptors (Lipinski definition) is 3. The van der Waals surface area contributed by atoms with Gasteiger partial charge in [0, 0.05) is 0 Å². The Morgan fingerprint density at radius 3 is 2.72 bits per heavy atom. The summed E-state index contributed by atoms with van der Waals surface area (Å²) >= 11 is 0.316. The Hall–Kier alpha value is -0.681. The fourth-order valence-corrected chi connectivity index (χ4v) is 4.48. The first-order valence-corrected chi connectivity index (χ1v) is 8.90. The van der Waals surface area contributed by atoms with Crippen molar-refractivity contribution >= 4 is 34.4 Å². The van der Waals surface area contributed by atoms with Crippen molar-refractivity contribution in [3.63, 3.8) is 0 Å². The molecule has 0 aliphatic rings. The first-order chi connectivity index (χ1) is 8.39. The molecule has 6 heteroatoms. The summed E-state index contributed by atoms with van der Waals surface area (Å²) in [6, 6.07) is 8.15. The van der Waals surface area contributed by atoms with Gasteiger partial charge in [0.2, 0.25) is 0 Å². The zero-order valence-electron chi connectivity index (χ0n) is 10.3. The van der Waals surface area contributed by atoms with Crippen LogP contribution >= 0.6 is 0 Å². The Balaban J connectivity index is 2.25. The number of aromatic nitrogens is 1. The van der Waals surface area contributed by atoms with Gasteiger partial charge in [0.15, 0.2) is 0 Å². The van der Waals surface area contributed by atoms with E-state index in [1.54, 1.807) is 0 Å². The van der Waals surface area contributed by atoms with Crippen LogP contribution in [0.25, 0.3) is 9.78 Å². The fraction of sp³-hybridized carbons (Fsp3) is 0.417. The molecule has 4 nitrogen and oxygen atoms in total. The van der Waals surface area contributed by atoms with Crippen molar-refractivity contribution in [1.29, 1.82) is 0 Å². The number of para-hydroxylation sites is 1. The number of rotatable bonds is 4. The van der Waals surface area contributed by atoms with Crippen molar-refractivity contribution < 1.29 is 17.5 Å². The topological polar surface area (TPSA) is 61.1 Å². The van der Waals surface area contributed by atoms with Crippen LogP contribution in [0.1, 0.15) is 17.9 Å². The predicted molar refractivity (Wildman–Crippen MR) is 69.6 cm³/mol. The zero-order valence-corrected chi connectivity index (χ0v) is 12.8. The van der Waals surface area contributed by atoms with Crippen molar-refractivity contribution in [2.45, 2.75) is 32.1 Å². The maximum absolute atomic E-state index is 10.9. The summed E-state index contributed by atoms with van der Waals surface area (Å²) < 4.78 is 37.4. The molecule has 0 saturated carbocycles. The van der Waals surface area contributed by atoms with Gasteiger partial charge in [-0.3, -0.25) is 0 Å². The van der Waals surface area contributed by atoms with Crippen LogP contribution in [0.3, 0.4) is 0 Å². The predicted octanol–water partition coefficient (Wildman–Crippen LogP) is 0.817. The standard InChI is InChI=1S/C12H15NO3SSe/c1-9(17(14,15)16)7-8-13-10(2)18-12-6-4-3-5-11(12)13/h3-6,9H,7-8H2,1-2H3. The van der Waals surface area contributed by atoms with E-state index in [9.17, 15) is 13.0 Å². The van der Waals surface area contributed by atoms with Crippen molar-refractivity contribution in [2.75, 3.05) is 0 Å². The molecule has 0 saturated heterocycles. The number of fused-ring (bicyclic) bond motifs is 1. The SMILES string of the molecule is Cc1[se]c2ccccc2[n+]1CCC(C)S(=O)(=O)[O-]. The molecule has 0 spiro atoms. The molecular formula is C12H15NO3SSe. The summed E-state index contributed by atoms with van der Waals surface area (Å²) in [6.07, 6.45) is 0.369. The number of hydrogen-bond donors (Lipinski definition) is 0. The van der Waals surface area contributed by atoms with Crippen LogP contribution in [0, 0.1) is 6.92 Å². The molecule has 0 N–H and O–H groups in total. The summed E-state index contributed by atoms with van der Waals surface area (Å²) in [7, 11) is -4.17. The van der Waals surface area contributed by atoms with Crippen LogP contribution in [-0.2, 0) is 16.7 Å². The first kappa shape index (κ1) is 13.7. The average molecular weight is 332 g/mol. The Labute approximate surface area is 113 Å². The third-order valence-electron chi connectivity index (χ3n) is 3.05. The summed E-state index contributed by atoms with van der Waals surface area (Å²) in [5.41, 5.74) is 1.16. The molecule has 18 heavy (non-hydrogen) atoms. The second-order valence-corrected chi connectivity index (χ2v) is 8.71. The van der Waals surface area contributed by atoms with Gasteiger partial charge in [-0.1, -0.05) is 0 Å². The van der Waals surface area contributed by atoms with Gasteiger partial charge in [-0.25, -0.2) is 0 Å². The van der Waals surface area contributed by atoms with Crippen LogP contribution in [0.4, 0.5) is 0 Å². The van der Waals surface area contributed by atoms with Gasteiger partial charge in [0.25, 0.3) is 0 Å². The van der Waals surface area contributed by atoms with Gasteiger partial charge in [-0.15, -0.1) is 0 Å². The molecule has 0 bridgehead atoms. The number of aryl methyl sites for hydroxylation is 2. The van der Waals surface area contributed by atoms with E-state index in [0.717, 1.165) is 5.52 Å². The van der Waals surface area contributed by atoms with Crippen molar-refractivity contribution in [3.05, 3.63) is 28.8 Å². The second kappa shape index (κ2) is 5.13. The van der Waals surface area contributed by atoms with Gasteiger partial charge in [0.05, 0.1) is 0 Å². The number of benzene rings is 1. The summed E-state index contributed by atoms with van der Waals surface area (Å²) in [4.78, 5) is 0. The Kier molecular flexibility index (Phi) is 3.92. The molecule has 2 aromatic rings. The van der Waals surface area contributed by atoms with E-state index in [4.69, 9.17) is 0 Å². The van der Waals surface area contributed by atoms with Crippen LogP contribution in [0.5, 0.6) is 0 Å². The van der Waals surface area contributed by atoms with E-state index < -0.39 is 15.4 Å². The molecule has 2 rings (SSSR count). The molecule has 1 unspecified atom stereocenters. The fourth-order valence-electron chi connectivity index (χ4n) is 1.88. The van der Waals surface area contributed by atoms with Crippen molar-refractivity contribution in [1.82, 2.24) is 0 Å². The van der Waals surface area contributed by atoms with E-state index in [0.29, 0.717) is 27.5 Å². The quantitative estimate of drug-likeness (QED) is 0.473. The van der Waals surface area contributed by atoms with Gasteiger partial charge in [0.1, 0.15) is 0 Å². The molecule has 1 aromatic heterocycles. The van der Waals surface area contributed by atoms with E-state index >= 15 is 0 Å². The van der Waals surface area contributed by atoms with E-state index in [1.165, 1.54) is 15.8 Å². The van der Waals surface area contributed by atoms with Gasteiger partial charge < -0.3 is 0 Å². The molecule has 0 aliphatic carbocycles. The Morgan fingerprint density at radius 2 is 2.06 bits per heavy atom. The molecule has 0 fully saturated rings. The minimum atomic E-state index is -4.17. The number of nitrogens with zero attached hydrogens (tertiary/aromatic N) is 1. The molecule has 0 amide bonds. The molecule has 0 aliphatic heterocycles. The van der Waals surface area contributed by atoms with E-state index in [-0.39, 0.29) is 0 Å². The van der Waals surface area contributed by atoms with Crippen LogP contribution < -0.4 is 4.57 Å². The van der Waals surface area contributed by atoms with Crippen molar-refractivity contribution in [3.8, 4) is 0 Å². The molecule has 0 radical (unpaired) electrons. The van der Waals surface area contributed by atoms with E-state index in [2.05, 4.69) is 17.6 Å². The summed E-state index contributed by atoms with van der Waals surface area (Å²) in [6.45, 7) is 4.13. The average Bonchev–Trinajstić information content (AvgIpc) is 2.60. The monoisotopic (exact) mass is 333 g/mol. The zero-order chi connectivity index (χ0) is 13.3. The van der Waals surface area contributed by atoms with Crippen LogP contribution in [-0.4, -0.2) is 32.7 Å². The molecular weight excluding hydrogens is 317 g/mol. The maximum atomic E-state index is 10.9. The molecule has 1 atom stereocenters. The summed E-state index contributed by atoms with van der Waals surface area (Å²) in [5, 5.41) is -0.828. The van der Waals surface area contributed by atoms with Gasteiger partial charge in [-0.05, 0) is 0 Å². The third kappa shape index (κ3) is 2.83. The molecule has 1 heterocycles. The molecule has 98 valence electrons. The van der Waals surface area contributed by atoms with Gasteiger partial charge >= 0.3 is 113 Å². The second-order valence-electron chi connectivity index (χ2n) is 4.33. The Morgan fingerprint density at radius 1 is 1.39 bits per heavy atom. The molecule has 1 aromatic carbocycles. The van der Waals surface area contributed by atoms with Crippen molar-refractivity contribution in [2.24, 2.45) is 0 Å². The van der Waals surface area contributed by atoms with Crippen LogP contribution in [0.2, 0.25) is 0 Å². The van der Waals surface area contributed by atoms with Crippen LogP contribution in [0.15, 0.2) is 24.3 Å². The first-order valence-electron chi connectivity index (χ1n) is 5.72. The normalized spacial score (nSPS) is 13.9. The van der Waals surface area contributed by atoms with Gasteiger partial charge in [-0.2, -0.15) is 0 Å². The Bertz CT molecular complexity index is 663. The summed E-state index contributed by atoms with van der Waals surface area (Å²) in [5.74, 6) is 0. The third-order valence-corrected chi connectivity index (χ3v) is 6.54.